The normalized spacial score (nSPS) is 9.55. The van der Waals surface area contributed by atoms with E-state index in [0.29, 0.717) is 0 Å². The molecule has 0 bridgehead atoms. The molecule has 1 rings (SSSR count). The van der Waals surface area contributed by atoms with E-state index in [1.54, 1.807) is 6.20 Å². The van der Waals surface area contributed by atoms with Gasteiger partial charge in [-0.3, -0.25) is 5.41 Å². The zero-order valence-corrected chi connectivity index (χ0v) is 6.98. The van der Waals surface area contributed by atoms with E-state index in [2.05, 4.69) is 4.98 Å². The predicted molar refractivity (Wildman–Crippen MR) is 46.7 cm³/mol. The SMILES string of the molecule is Cc1cccnc1SC(=N)N. The summed E-state index contributed by atoms with van der Waals surface area (Å²) in [5.41, 5.74) is 6.25. The number of pyridine rings is 1. The van der Waals surface area contributed by atoms with Gasteiger partial charge in [-0.05, 0) is 30.3 Å². The Morgan fingerprint density at radius 1 is 1.73 bits per heavy atom. The number of rotatable bonds is 1. The molecule has 0 aliphatic rings. The highest BCUT2D eigenvalue weighted by molar-refractivity contribution is 8.13. The van der Waals surface area contributed by atoms with Crippen LogP contribution in [0.5, 0.6) is 0 Å². The van der Waals surface area contributed by atoms with Crippen LogP contribution in [0.1, 0.15) is 5.56 Å². The van der Waals surface area contributed by atoms with E-state index >= 15 is 0 Å². The Balaban J connectivity index is 2.86. The summed E-state index contributed by atoms with van der Waals surface area (Å²) in [5, 5.41) is 7.91. The van der Waals surface area contributed by atoms with E-state index in [-0.39, 0.29) is 5.17 Å². The lowest BCUT2D eigenvalue weighted by molar-refractivity contribution is 1.08. The van der Waals surface area contributed by atoms with Gasteiger partial charge in [-0.25, -0.2) is 4.98 Å². The van der Waals surface area contributed by atoms with Crippen LogP contribution in [-0.4, -0.2) is 10.2 Å². The summed E-state index contributed by atoms with van der Waals surface area (Å²) >= 11 is 1.18. The van der Waals surface area contributed by atoms with Crippen molar-refractivity contribution in [2.45, 2.75) is 11.9 Å². The van der Waals surface area contributed by atoms with Gasteiger partial charge < -0.3 is 5.73 Å². The lowest BCUT2D eigenvalue weighted by Crippen LogP contribution is -2.04. The Hall–Kier alpha value is -1.03. The van der Waals surface area contributed by atoms with Crippen LogP contribution in [0, 0.1) is 12.3 Å². The Kier molecular flexibility index (Phi) is 2.48. The highest BCUT2D eigenvalue weighted by Crippen LogP contribution is 2.17. The second kappa shape index (κ2) is 3.39. The second-order valence-electron chi connectivity index (χ2n) is 2.09. The fourth-order valence-corrected chi connectivity index (χ4v) is 1.23. The molecule has 0 spiro atoms. The molecular formula is C7H9N3S. The molecule has 11 heavy (non-hydrogen) atoms. The smallest absolute Gasteiger partial charge is 0.157 e. The average molecular weight is 167 g/mol. The van der Waals surface area contributed by atoms with Crippen LogP contribution in [0.4, 0.5) is 0 Å². The van der Waals surface area contributed by atoms with Gasteiger partial charge >= 0.3 is 0 Å². The zero-order chi connectivity index (χ0) is 8.27. The molecule has 0 aliphatic carbocycles. The molecule has 0 atom stereocenters. The maximum absolute atomic E-state index is 7.03. The van der Waals surface area contributed by atoms with Gasteiger partial charge in [-0.15, -0.1) is 0 Å². The van der Waals surface area contributed by atoms with Gasteiger partial charge in [-0.2, -0.15) is 0 Å². The van der Waals surface area contributed by atoms with E-state index in [4.69, 9.17) is 11.1 Å². The van der Waals surface area contributed by atoms with Gasteiger partial charge in [-0.1, -0.05) is 6.07 Å². The molecule has 0 aromatic carbocycles. The van der Waals surface area contributed by atoms with Crippen molar-refractivity contribution in [3.8, 4) is 0 Å². The summed E-state index contributed by atoms with van der Waals surface area (Å²) in [6, 6.07) is 3.80. The van der Waals surface area contributed by atoms with Crippen molar-refractivity contribution in [3.05, 3.63) is 23.9 Å². The van der Waals surface area contributed by atoms with Gasteiger partial charge in [0.25, 0.3) is 0 Å². The second-order valence-corrected chi connectivity index (χ2v) is 3.12. The monoisotopic (exact) mass is 167 g/mol. The first-order valence-electron chi connectivity index (χ1n) is 3.13. The van der Waals surface area contributed by atoms with Crippen molar-refractivity contribution in [1.29, 1.82) is 5.41 Å². The predicted octanol–water partition coefficient (Wildman–Crippen LogP) is 1.38. The lowest BCUT2D eigenvalue weighted by Gasteiger charge is -1.99. The molecule has 1 aromatic rings. The highest BCUT2D eigenvalue weighted by Gasteiger charge is 1.99. The minimum atomic E-state index is 0.0757. The molecule has 0 aliphatic heterocycles. The third kappa shape index (κ3) is 2.23. The summed E-state index contributed by atoms with van der Waals surface area (Å²) in [6.07, 6.45) is 1.69. The number of nitrogens with zero attached hydrogens (tertiary/aromatic N) is 1. The van der Waals surface area contributed by atoms with Crippen molar-refractivity contribution >= 4 is 16.9 Å². The number of hydrogen-bond donors (Lipinski definition) is 2. The van der Waals surface area contributed by atoms with Crippen LogP contribution in [0.15, 0.2) is 23.4 Å². The van der Waals surface area contributed by atoms with Crippen LogP contribution in [-0.2, 0) is 0 Å². The molecule has 4 heteroatoms. The van der Waals surface area contributed by atoms with E-state index in [9.17, 15) is 0 Å². The lowest BCUT2D eigenvalue weighted by atomic mass is 10.3. The molecule has 0 amide bonds. The number of amidine groups is 1. The number of hydrogen-bond acceptors (Lipinski definition) is 3. The minimum absolute atomic E-state index is 0.0757. The van der Waals surface area contributed by atoms with Crippen LogP contribution in [0.2, 0.25) is 0 Å². The summed E-state index contributed by atoms with van der Waals surface area (Å²) in [5.74, 6) is 0. The van der Waals surface area contributed by atoms with Crippen molar-refractivity contribution < 1.29 is 0 Å². The first-order chi connectivity index (χ1) is 5.20. The summed E-state index contributed by atoms with van der Waals surface area (Å²) in [7, 11) is 0. The summed E-state index contributed by atoms with van der Waals surface area (Å²) in [4.78, 5) is 4.06. The van der Waals surface area contributed by atoms with Crippen molar-refractivity contribution in [2.24, 2.45) is 5.73 Å². The molecule has 0 radical (unpaired) electrons. The number of thioether (sulfide) groups is 1. The van der Waals surface area contributed by atoms with Crippen LogP contribution < -0.4 is 5.73 Å². The van der Waals surface area contributed by atoms with E-state index in [1.807, 2.05) is 19.1 Å². The Morgan fingerprint density at radius 2 is 2.45 bits per heavy atom. The quantitative estimate of drug-likeness (QED) is 0.377. The molecule has 0 fully saturated rings. The van der Waals surface area contributed by atoms with Gasteiger partial charge in [0.05, 0.1) is 0 Å². The van der Waals surface area contributed by atoms with Crippen LogP contribution >= 0.6 is 11.8 Å². The molecular weight excluding hydrogens is 158 g/mol. The van der Waals surface area contributed by atoms with Crippen LogP contribution in [0.25, 0.3) is 0 Å². The van der Waals surface area contributed by atoms with E-state index in [1.165, 1.54) is 11.8 Å². The maximum Gasteiger partial charge on any atom is 0.157 e. The number of aryl methyl sites for hydroxylation is 1. The molecule has 0 saturated heterocycles. The van der Waals surface area contributed by atoms with Crippen LogP contribution in [0.3, 0.4) is 0 Å². The maximum atomic E-state index is 7.03. The third-order valence-corrected chi connectivity index (χ3v) is 2.01. The van der Waals surface area contributed by atoms with Gasteiger partial charge in [0.1, 0.15) is 5.03 Å². The number of aromatic nitrogens is 1. The summed E-state index contributed by atoms with van der Waals surface area (Å²) < 4.78 is 0. The standard InChI is InChI=1S/C7H9N3S/c1-5-3-2-4-10-6(5)11-7(8)9/h2-4H,1H3,(H3,8,9). The van der Waals surface area contributed by atoms with E-state index < -0.39 is 0 Å². The number of nitrogens with one attached hydrogen (secondary N) is 1. The van der Waals surface area contributed by atoms with Gasteiger partial charge in [0.15, 0.2) is 5.17 Å². The molecule has 3 N–H and O–H groups in total. The topological polar surface area (TPSA) is 62.8 Å². The zero-order valence-electron chi connectivity index (χ0n) is 6.16. The molecule has 0 unspecified atom stereocenters. The molecule has 58 valence electrons. The first kappa shape index (κ1) is 8.07. The van der Waals surface area contributed by atoms with Crippen molar-refractivity contribution in [3.63, 3.8) is 0 Å². The van der Waals surface area contributed by atoms with Gasteiger partial charge in [0, 0.05) is 6.20 Å². The minimum Gasteiger partial charge on any atom is -0.378 e. The highest BCUT2D eigenvalue weighted by atomic mass is 32.2. The van der Waals surface area contributed by atoms with Crippen molar-refractivity contribution in [1.82, 2.24) is 4.98 Å². The Bertz CT molecular complexity index is 272. The number of nitrogens with two attached hydrogens (primary N) is 1. The molecule has 0 saturated carbocycles. The fourth-order valence-electron chi connectivity index (χ4n) is 0.682. The molecule has 1 heterocycles. The molecule has 1 aromatic heterocycles. The largest absolute Gasteiger partial charge is 0.378 e. The third-order valence-electron chi connectivity index (χ3n) is 1.17. The first-order valence-corrected chi connectivity index (χ1v) is 3.95. The van der Waals surface area contributed by atoms with Crippen molar-refractivity contribution in [2.75, 3.05) is 0 Å². The Labute approximate surface area is 69.5 Å². The average Bonchev–Trinajstić information content (AvgIpc) is 1.93. The Morgan fingerprint density at radius 3 is 3.00 bits per heavy atom. The van der Waals surface area contributed by atoms with Gasteiger partial charge in [0.2, 0.25) is 0 Å². The fraction of sp³-hybridized carbons (Fsp3) is 0.143. The van der Waals surface area contributed by atoms with E-state index in [0.717, 1.165) is 10.6 Å². The summed E-state index contributed by atoms with van der Waals surface area (Å²) in [6.45, 7) is 1.94. The molecule has 3 nitrogen and oxygen atoms in total.